The number of hydrogen-bond acceptors (Lipinski definition) is 5. The Hall–Kier alpha value is -3.18. The van der Waals surface area contributed by atoms with Gasteiger partial charge < -0.3 is 9.72 Å². The first-order valence-electron chi connectivity index (χ1n) is 9.25. The van der Waals surface area contributed by atoms with Crippen molar-refractivity contribution >= 4 is 22.8 Å². The van der Waals surface area contributed by atoms with Gasteiger partial charge in [0.2, 0.25) is 5.28 Å². The first-order valence-corrected chi connectivity index (χ1v) is 9.62. The second-order valence-electron chi connectivity index (χ2n) is 7.16. The zero-order valence-corrected chi connectivity index (χ0v) is 16.5. The van der Waals surface area contributed by atoms with Crippen molar-refractivity contribution in [2.75, 3.05) is 13.2 Å². The molecule has 1 saturated heterocycles. The van der Waals surface area contributed by atoms with Gasteiger partial charge in [-0.25, -0.2) is 14.5 Å². The zero-order valence-electron chi connectivity index (χ0n) is 15.7. The molecule has 1 fully saturated rings. The van der Waals surface area contributed by atoms with Gasteiger partial charge in [-0.3, -0.25) is 4.57 Å². The van der Waals surface area contributed by atoms with E-state index in [0.717, 1.165) is 11.6 Å². The number of H-pyrrole nitrogens is 1. The van der Waals surface area contributed by atoms with Gasteiger partial charge in [0.15, 0.2) is 11.3 Å². The molecule has 3 aromatic heterocycles. The lowest BCUT2D eigenvalue weighted by molar-refractivity contribution is -0.141. The summed E-state index contributed by atoms with van der Waals surface area (Å²) < 4.78 is 47.4. The standard InChI is InChI=1S/C19H14ClF3N6O2/c20-17-24-6-13-16(26-17)28(18(30)25-13)7-10-1-3-12(4-2-10)29-14(11-8-31-9-11)5-15(27-29)19(21,22)23/h1-6,11H,7-9H2,(H,25,30). The van der Waals surface area contributed by atoms with Crippen LogP contribution in [0.1, 0.15) is 22.9 Å². The van der Waals surface area contributed by atoms with Crippen molar-refractivity contribution in [1.29, 1.82) is 0 Å². The zero-order chi connectivity index (χ0) is 21.8. The molecule has 12 heteroatoms. The third-order valence-corrected chi connectivity index (χ3v) is 5.27. The maximum atomic E-state index is 13.2. The van der Waals surface area contributed by atoms with E-state index in [1.54, 1.807) is 24.3 Å². The lowest BCUT2D eigenvalue weighted by atomic mass is 10.0. The number of hydrogen-bond donors (Lipinski definition) is 1. The fraction of sp³-hybridized carbons (Fsp3) is 0.263. The Bertz CT molecular complexity index is 1320. The minimum Gasteiger partial charge on any atom is -0.380 e. The fourth-order valence-electron chi connectivity index (χ4n) is 3.43. The number of alkyl halides is 3. The third kappa shape index (κ3) is 3.59. The minimum absolute atomic E-state index is 0.0160. The second-order valence-corrected chi connectivity index (χ2v) is 7.50. The molecule has 1 aliphatic rings. The summed E-state index contributed by atoms with van der Waals surface area (Å²) in [4.78, 5) is 22.8. The molecule has 4 heterocycles. The number of fused-ring (bicyclic) bond motifs is 1. The highest BCUT2D eigenvalue weighted by atomic mass is 35.5. The van der Waals surface area contributed by atoms with Gasteiger partial charge in [-0.15, -0.1) is 0 Å². The van der Waals surface area contributed by atoms with E-state index in [0.29, 0.717) is 35.8 Å². The van der Waals surface area contributed by atoms with Gasteiger partial charge in [0.25, 0.3) is 0 Å². The van der Waals surface area contributed by atoms with E-state index in [1.165, 1.54) is 15.4 Å². The number of nitrogens with zero attached hydrogens (tertiary/aromatic N) is 5. The number of nitrogens with one attached hydrogen (secondary N) is 1. The number of benzene rings is 1. The van der Waals surface area contributed by atoms with Gasteiger partial charge >= 0.3 is 11.9 Å². The number of imidazole rings is 1. The summed E-state index contributed by atoms with van der Waals surface area (Å²) in [6.45, 7) is 0.909. The van der Waals surface area contributed by atoms with Gasteiger partial charge in [-0.1, -0.05) is 12.1 Å². The number of aromatic amines is 1. The van der Waals surface area contributed by atoms with Crippen molar-refractivity contribution in [3.05, 3.63) is 69.2 Å². The Balaban J connectivity index is 1.48. The predicted molar refractivity (Wildman–Crippen MR) is 104 cm³/mol. The maximum Gasteiger partial charge on any atom is 0.435 e. The molecule has 1 aliphatic heterocycles. The Morgan fingerprint density at radius 3 is 2.61 bits per heavy atom. The average Bonchev–Trinajstić information content (AvgIpc) is 3.23. The monoisotopic (exact) mass is 450 g/mol. The number of halogens is 4. The molecule has 160 valence electrons. The SMILES string of the molecule is O=c1[nH]c2cnc(Cl)nc2n1Cc1ccc(-n2nc(C(F)(F)F)cc2C2COC2)cc1. The lowest BCUT2D eigenvalue weighted by Gasteiger charge is -2.26. The van der Waals surface area contributed by atoms with Crippen LogP contribution in [-0.4, -0.2) is 42.5 Å². The van der Waals surface area contributed by atoms with E-state index >= 15 is 0 Å². The molecule has 0 bridgehead atoms. The summed E-state index contributed by atoms with van der Waals surface area (Å²) in [6.07, 6.45) is -3.11. The highest BCUT2D eigenvalue weighted by Gasteiger charge is 2.37. The van der Waals surface area contributed by atoms with E-state index in [1.807, 2.05) is 0 Å². The van der Waals surface area contributed by atoms with E-state index in [2.05, 4.69) is 20.1 Å². The van der Waals surface area contributed by atoms with Crippen LogP contribution in [0.4, 0.5) is 13.2 Å². The maximum absolute atomic E-state index is 13.2. The average molecular weight is 451 g/mol. The van der Waals surface area contributed by atoms with Gasteiger partial charge in [0.05, 0.1) is 37.3 Å². The van der Waals surface area contributed by atoms with Crippen LogP contribution in [0.3, 0.4) is 0 Å². The molecule has 1 N–H and O–H groups in total. The van der Waals surface area contributed by atoms with Crippen molar-refractivity contribution in [1.82, 2.24) is 29.3 Å². The van der Waals surface area contributed by atoms with Crippen LogP contribution in [0.25, 0.3) is 16.9 Å². The summed E-state index contributed by atoms with van der Waals surface area (Å²) >= 11 is 5.83. The van der Waals surface area contributed by atoms with Crippen molar-refractivity contribution in [2.45, 2.75) is 18.6 Å². The van der Waals surface area contributed by atoms with Gasteiger partial charge in [0.1, 0.15) is 5.52 Å². The highest BCUT2D eigenvalue weighted by Crippen LogP contribution is 2.34. The number of ether oxygens (including phenoxy) is 1. The van der Waals surface area contributed by atoms with Crippen molar-refractivity contribution in [3.63, 3.8) is 0 Å². The molecule has 0 saturated carbocycles. The molecule has 5 rings (SSSR count). The van der Waals surface area contributed by atoms with Crippen LogP contribution in [-0.2, 0) is 17.5 Å². The quantitative estimate of drug-likeness (QED) is 0.482. The lowest BCUT2D eigenvalue weighted by Crippen LogP contribution is -2.27. The molecule has 0 atom stereocenters. The molecule has 0 aliphatic carbocycles. The molecule has 8 nitrogen and oxygen atoms in total. The minimum atomic E-state index is -4.54. The van der Waals surface area contributed by atoms with Crippen molar-refractivity contribution in [3.8, 4) is 5.69 Å². The van der Waals surface area contributed by atoms with Crippen LogP contribution in [0, 0.1) is 0 Å². The molecule has 0 spiro atoms. The molecular weight excluding hydrogens is 437 g/mol. The normalized spacial score (nSPS) is 14.8. The Morgan fingerprint density at radius 1 is 1.23 bits per heavy atom. The molecule has 31 heavy (non-hydrogen) atoms. The smallest absolute Gasteiger partial charge is 0.380 e. The third-order valence-electron chi connectivity index (χ3n) is 5.09. The summed E-state index contributed by atoms with van der Waals surface area (Å²) in [5, 5.41) is 3.79. The van der Waals surface area contributed by atoms with Crippen LogP contribution < -0.4 is 5.69 Å². The van der Waals surface area contributed by atoms with E-state index < -0.39 is 11.9 Å². The first-order chi connectivity index (χ1) is 14.8. The van der Waals surface area contributed by atoms with Gasteiger partial charge in [-0.05, 0) is 35.4 Å². The summed E-state index contributed by atoms with van der Waals surface area (Å²) in [5.41, 5.74) is 1.18. The first kappa shape index (κ1) is 19.8. The van der Waals surface area contributed by atoms with Crippen LogP contribution in [0.5, 0.6) is 0 Å². The molecule has 0 amide bonds. The highest BCUT2D eigenvalue weighted by molar-refractivity contribution is 6.28. The largest absolute Gasteiger partial charge is 0.435 e. The fourth-order valence-corrected chi connectivity index (χ4v) is 3.56. The topological polar surface area (TPSA) is 90.6 Å². The Kier molecular flexibility index (Phi) is 4.59. The predicted octanol–water partition coefficient (Wildman–Crippen LogP) is 3.14. The molecule has 0 unspecified atom stereocenters. The van der Waals surface area contributed by atoms with E-state index in [4.69, 9.17) is 16.3 Å². The van der Waals surface area contributed by atoms with Crippen molar-refractivity contribution < 1.29 is 17.9 Å². The summed E-state index contributed by atoms with van der Waals surface area (Å²) in [7, 11) is 0. The molecule has 1 aromatic carbocycles. The van der Waals surface area contributed by atoms with Crippen LogP contribution >= 0.6 is 11.6 Å². The molecule has 4 aromatic rings. The molecule has 0 radical (unpaired) electrons. The second kappa shape index (κ2) is 7.20. The Morgan fingerprint density at radius 2 is 1.97 bits per heavy atom. The van der Waals surface area contributed by atoms with Gasteiger partial charge in [0, 0.05) is 5.92 Å². The van der Waals surface area contributed by atoms with E-state index in [-0.39, 0.29) is 23.4 Å². The number of rotatable bonds is 4. The van der Waals surface area contributed by atoms with Crippen LogP contribution in [0.2, 0.25) is 5.28 Å². The number of aromatic nitrogens is 6. The van der Waals surface area contributed by atoms with Crippen LogP contribution in [0.15, 0.2) is 41.3 Å². The van der Waals surface area contributed by atoms with Crippen molar-refractivity contribution in [2.24, 2.45) is 0 Å². The summed E-state index contributed by atoms with van der Waals surface area (Å²) in [6, 6.07) is 7.83. The Labute approximate surface area is 177 Å². The summed E-state index contributed by atoms with van der Waals surface area (Å²) in [5.74, 6) is -0.141. The van der Waals surface area contributed by atoms with Gasteiger partial charge in [-0.2, -0.15) is 23.3 Å². The van der Waals surface area contributed by atoms with E-state index in [9.17, 15) is 18.0 Å². The molecular formula is C19H14ClF3N6O2.